The second kappa shape index (κ2) is 9.13. The lowest BCUT2D eigenvalue weighted by atomic mass is 10.1. The molecular weight excluding hydrogens is 386 g/mol. The molecule has 0 saturated carbocycles. The van der Waals surface area contributed by atoms with Crippen LogP contribution in [0.1, 0.15) is 41.4 Å². The molecule has 0 unspecified atom stereocenters. The number of ether oxygens (including phenoxy) is 2. The monoisotopic (exact) mass is 413 g/mol. The molecule has 0 radical (unpaired) electrons. The highest BCUT2D eigenvalue weighted by molar-refractivity contribution is 6.06. The zero-order chi connectivity index (χ0) is 21.8. The number of carbonyl (C=O) groups excluding carboxylic acids is 2. The number of methoxy groups -OCH3 is 1. The molecule has 30 heavy (non-hydrogen) atoms. The fourth-order valence-electron chi connectivity index (χ4n) is 3.69. The molecule has 1 fully saturated rings. The number of nitrogens with zero attached hydrogens (tertiary/aromatic N) is 1. The van der Waals surface area contributed by atoms with E-state index in [1.807, 2.05) is 13.0 Å². The van der Waals surface area contributed by atoms with Crippen LogP contribution >= 0.6 is 0 Å². The van der Waals surface area contributed by atoms with Crippen LogP contribution in [0.4, 0.5) is 11.4 Å². The average Bonchev–Trinajstić information content (AvgIpc) is 3.18. The first kappa shape index (κ1) is 21.6. The molecule has 0 spiro atoms. The lowest BCUT2D eigenvalue weighted by molar-refractivity contribution is -0.114. The van der Waals surface area contributed by atoms with Crippen LogP contribution in [0, 0.1) is 13.8 Å². The Morgan fingerprint density at radius 2 is 2.00 bits per heavy atom. The number of hydrogen-bond donors (Lipinski definition) is 2. The summed E-state index contributed by atoms with van der Waals surface area (Å²) < 4.78 is 12.6. The largest absolute Gasteiger partial charge is 0.495 e. The van der Waals surface area contributed by atoms with Gasteiger partial charge in [0.2, 0.25) is 5.91 Å². The van der Waals surface area contributed by atoms with E-state index in [1.54, 1.807) is 29.7 Å². The lowest BCUT2D eigenvalue weighted by Crippen LogP contribution is -2.34. The van der Waals surface area contributed by atoms with Crippen LogP contribution in [0.25, 0.3) is 0 Å². The highest BCUT2D eigenvalue weighted by atomic mass is 16.5. The predicted molar refractivity (Wildman–Crippen MR) is 114 cm³/mol. The number of pyridine rings is 1. The van der Waals surface area contributed by atoms with Crippen molar-refractivity contribution in [1.29, 1.82) is 0 Å². The number of rotatable bonds is 6. The van der Waals surface area contributed by atoms with Gasteiger partial charge in [-0.3, -0.25) is 14.4 Å². The summed E-state index contributed by atoms with van der Waals surface area (Å²) in [6.07, 6.45) is 1.85. The number of carbonyl (C=O) groups is 2. The molecule has 160 valence electrons. The lowest BCUT2D eigenvalue weighted by Gasteiger charge is -2.18. The number of aryl methyl sites for hydroxylation is 2. The van der Waals surface area contributed by atoms with Gasteiger partial charge in [0, 0.05) is 24.9 Å². The second-order valence-electron chi connectivity index (χ2n) is 7.44. The molecule has 8 heteroatoms. The molecule has 2 N–H and O–H groups in total. The summed E-state index contributed by atoms with van der Waals surface area (Å²) in [5.74, 6) is -0.345. The number of aromatic nitrogens is 1. The van der Waals surface area contributed by atoms with Gasteiger partial charge in [-0.15, -0.1) is 0 Å². The normalized spacial score (nSPS) is 15.7. The van der Waals surface area contributed by atoms with Gasteiger partial charge in [-0.25, -0.2) is 0 Å². The van der Waals surface area contributed by atoms with Crippen molar-refractivity contribution in [1.82, 2.24) is 4.57 Å². The van der Waals surface area contributed by atoms with E-state index in [9.17, 15) is 14.4 Å². The van der Waals surface area contributed by atoms with Crippen molar-refractivity contribution >= 4 is 23.2 Å². The summed E-state index contributed by atoms with van der Waals surface area (Å²) in [6, 6.07) is 6.73. The Morgan fingerprint density at radius 1 is 1.23 bits per heavy atom. The minimum absolute atomic E-state index is 0.0190. The van der Waals surface area contributed by atoms with Gasteiger partial charge in [-0.05, 0) is 56.5 Å². The molecule has 3 rings (SSSR count). The van der Waals surface area contributed by atoms with Crippen LogP contribution < -0.4 is 20.9 Å². The van der Waals surface area contributed by atoms with Crippen molar-refractivity contribution in [3.8, 4) is 5.75 Å². The zero-order valence-corrected chi connectivity index (χ0v) is 17.7. The molecule has 0 aliphatic carbocycles. The fraction of sp³-hybridized carbons (Fsp3) is 0.409. The van der Waals surface area contributed by atoms with Crippen LogP contribution in [0.2, 0.25) is 0 Å². The molecule has 1 aliphatic rings. The van der Waals surface area contributed by atoms with Crippen molar-refractivity contribution in [3.63, 3.8) is 0 Å². The number of hydrogen-bond acceptors (Lipinski definition) is 5. The summed E-state index contributed by atoms with van der Waals surface area (Å²) in [4.78, 5) is 37.6. The van der Waals surface area contributed by atoms with E-state index in [2.05, 4.69) is 10.6 Å². The predicted octanol–water partition coefficient (Wildman–Crippen LogP) is 2.86. The Hall–Kier alpha value is -3.13. The zero-order valence-electron chi connectivity index (χ0n) is 17.7. The third-order valence-corrected chi connectivity index (χ3v) is 5.11. The second-order valence-corrected chi connectivity index (χ2v) is 7.44. The van der Waals surface area contributed by atoms with Gasteiger partial charge in [0.25, 0.3) is 11.5 Å². The van der Waals surface area contributed by atoms with Gasteiger partial charge in [0.05, 0.1) is 25.4 Å². The smallest absolute Gasteiger partial charge is 0.263 e. The van der Waals surface area contributed by atoms with Crippen molar-refractivity contribution in [2.75, 3.05) is 24.4 Å². The number of nitrogens with one attached hydrogen (secondary N) is 2. The quantitative estimate of drug-likeness (QED) is 0.759. The molecule has 1 aliphatic heterocycles. The topological polar surface area (TPSA) is 98.7 Å². The Labute approximate surface area is 175 Å². The molecule has 2 aromatic rings. The van der Waals surface area contributed by atoms with Crippen LogP contribution in [-0.4, -0.2) is 36.2 Å². The maximum Gasteiger partial charge on any atom is 0.263 e. The maximum absolute atomic E-state index is 13.2. The summed E-state index contributed by atoms with van der Waals surface area (Å²) in [5, 5.41) is 5.42. The summed E-state index contributed by atoms with van der Waals surface area (Å²) in [6.45, 7) is 6.11. The Kier molecular flexibility index (Phi) is 6.56. The van der Waals surface area contributed by atoms with E-state index in [0.717, 1.165) is 18.5 Å². The fourth-order valence-corrected chi connectivity index (χ4v) is 3.69. The highest BCUT2D eigenvalue weighted by Crippen LogP contribution is 2.28. The number of anilines is 2. The minimum atomic E-state index is -0.531. The van der Waals surface area contributed by atoms with Gasteiger partial charge in [-0.2, -0.15) is 0 Å². The Bertz CT molecular complexity index is 1020. The van der Waals surface area contributed by atoms with Crippen LogP contribution in [0.5, 0.6) is 5.75 Å². The van der Waals surface area contributed by atoms with Crippen LogP contribution in [0.3, 0.4) is 0 Å². The van der Waals surface area contributed by atoms with Crippen LogP contribution in [0.15, 0.2) is 29.1 Å². The van der Waals surface area contributed by atoms with E-state index < -0.39 is 5.91 Å². The van der Waals surface area contributed by atoms with E-state index in [-0.39, 0.29) is 23.1 Å². The van der Waals surface area contributed by atoms with E-state index in [4.69, 9.17) is 9.47 Å². The molecule has 2 heterocycles. The van der Waals surface area contributed by atoms with Crippen molar-refractivity contribution in [3.05, 3.63) is 51.4 Å². The van der Waals surface area contributed by atoms with Crippen molar-refractivity contribution < 1.29 is 19.1 Å². The SMILES string of the molecule is COc1ccc(NC(C)=O)cc1NC(=O)c1c(C)cc(C)n(C[C@@H]2CCCO2)c1=O. The van der Waals surface area contributed by atoms with E-state index in [1.165, 1.54) is 14.0 Å². The molecule has 2 amide bonds. The summed E-state index contributed by atoms with van der Waals surface area (Å²) in [7, 11) is 1.48. The van der Waals surface area contributed by atoms with Gasteiger partial charge >= 0.3 is 0 Å². The molecular formula is C22H27N3O5. The Balaban J connectivity index is 1.93. The molecule has 1 atom stereocenters. The summed E-state index contributed by atoms with van der Waals surface area (Å²) in [5.41, 5.74) is 1.97. The first-order chi connectivity index (χ1) is 14.3. The number of amides is 2. The molecule has 1 aromatic carbocycles. The highest BCUT2D eigenvalue weighted by Gasteiger charge is 2.22. The molecule has 1 saturated heterocycles. The number of benzene rings is 1. The summed E-state index contributed by atoms with van der Waals surface area (Å²) >= 11 is 0. The van der Waals surface area contributed by atoms with Gasteiger partial charge in [0.15, 0.2) is 0 Å². The van der Waals surface area contributed by atoms with Crippen molar-refractivity contribution in [2.24, 2.45) is 0 Å². The van der Waals surface area contributed by atoms with Crippen molar-refractivity contribution in [2.45, 2.75) is 46.3 Å². The van der Waals surface area contributed by atoms with Gasteiger partial charge in [0.1, 0.15) is 11.3 Å². The third-order valence-electron chi connectivity index (χ3n) is 5.11. The van der Waals surface area contributed by atoms with Gasteiger partial charge in [-0.1, -0.05) is 0 Å². The van der Waals surface area contributed by atoms with E-state index >= 15 is 0 Å². The average molecular weight is 413 g/mol. The molecule has 1 aromatic heterocycles. The molecule has 0 bridgehead atoms. The Morgan fingerprint density at radius 3 is 2.63 bits per heavy atom. The first-order valence-electron chi connectivity index (χ1n) is 9.89. The third kappa shape index (κ3) is 4.71. The minimum Gasteiger partial charge on any atom is -0.495 e. The van der Waals surface area contributed by atoms with E-state index in [0.29, 0.717) is 35.8 Å². The molecule has 8 nitrogen and oxygen atoms in total. The maximum atomic E-state index is 13.2. The standard InChI is InChI=1S/C22H27N3O5/c1-13-10-14(2)25(12-17-6-5-9-30-17)22(28)20(13)21(27)24-18-11-16(23-15(3)26)7-8-19(18)29-4/h7-8,10-11,17H,5-6,9,12H2,1-4H3,(H,23,26)(H,24,27)/t17-/m0/s1. The van der Waals surface area contributed by atoms with Gasteiger partial charge < -0.3 is 24.7 Å². The van der Waals surface area contributed by atoms with Crippen LogP contribution in [-0.2, 0) is 16.1 Å². The first-order valence-corrected chi connectivity index (χ1v) is 9.89.